The van der Waals surface area contributed by atoms with E-state index in [1.54, 1.807) is 0 Å². The molecule has 7 aliphatic heterocycles. The van der Waals surface area contributed by atoms with Gasteiger partial charge in [0.2, 0.25) is 5.91 Å². The lowest BCUT2D eigenvalue weighted by Crippen LogP contribution is -2.69. The van der Waals surface area contributed by atoms with Crippen LogP contribution in [-0.4, -0.2) is 387 Å². The number of hydrogen-bond donors (Lipinski definition) is 22. The zero-order chi connectivity index (χ0) is 65.1. The van der Waals surface area contributed by atoms with Gasteiger partial charge in [-0.1, -0.05) is 6.92 Å². The average molecular weight is 1290 g/mol. The Kier molecular flexibility index (Phi) is 25.9. The van der Waals surface area contributed by atoms with Crippen LogP contribution in [0.5, 0.6) is 0 Å². The van der Waals surface area contributed by atoms with E-state index in [1.807, 2.05) is 0 Å². The smallest absolute Gasteiger partial charge is 0.364 e. The quantitative estimate of drug-likeness (QED) is 0.0427. The van der Waals surface area contributed by atoms with Gasteiger partial charge in [-0.15, -0.1) is 0 Å². The number of carbonyl (C=O) groups is 2. The maximum absolute atomic E-state index is 12.9. The van der Waals surface area contributed by atoms with Gasteiger partial charge in [-0.25, -0.2) is 4.79 Å². The Morgan fingerprint density at radius 3 is 1.51 bits per heavy atom. The van der Waals surface area contributed by atoms with E-state index >= 15 is 0 Å². The van der Waals surface area contributed by atoms with E-state index in [4.69, 9.17) is 66.3 Å². The van der Waals surface area contributed by atoms with E-state index in [-0.39, 0.29) is 0 Å². The number of carboxylic acid groups (broad SMARTS) is 1. The summed E-state index contributed by atoms with van der Waals surface area (Å²) in [5, 5.41) is 230. The summed E-state index contributed by atoms with van der Waals surface area (Å²) in [6.45, 7) is -3.13. The van der Waals surface area contributed by atoms with Crippen molar-refractivity contribution in [3.05, 3.63) is 0 Å². The SMILES string of the molecule is CO[C@@H]1C(CO[C@@H]2OC(CO)[C@@H](O[C@@H]3OC(CO)[C@H](O)[C@H](O[C@]4(C(=O)O)C[C@@H](O)[C@@H](C)C(C(O)C(O)CO)O4)C3O)[C@H](O)C2NC(C)=O)O[C@H](O[C@H]2C(CO)O[C@@H](O[C@@H]3C(CO)O[C@@H](C)C(O)[C@H]3O)C(O)[C@H]2O[C@@H]2OC(CO)[C@@H](O)[C@H](O)C2O)C(O)[C@H]1O. The van der Waals surface area contributed by atoms with Gasteiger partial charge >= 0.3 is 5.97 Å². The first-order chi connectivity index (χ1) is 41.6. The number of aliphatic carboxylic acids is 1. The van der Waals surface area contributed by atoms with Crippen LogP contribution in [0.15, 0.2) is 0 Å². The van der Waals surface area contributed by atoms with Crippen LogP contribution in [0.25, 0.3) is 0 Å². The number of nitrogens with one attached hydrogen (secondary N) is 1. The summed E-state index contributed by atoms with van der Waals surface area (Å²) in [6, 6.07) is -1.75. The van der Waals surface area contributed by atoms with Crippen molar-refractivity contribution in [2.75, 3.05) is 53.4 Å². The van der Waals surface area contributed by atoms with E-state index in [9.17, 15) is 117 Å². The standard InChI is InChI=1S/C50H85NO37/c1-13-16(59)5-50(49(73)74,87-37(13)26(62)17(60)6-52)88-42-28(64)19(8-54)79-47(35(42)71)83-39-21(10-56)80-44(24(29(39)65)51-15(3)58)76-12-23-38(75-4)32(68)34(70)46(82-23)85-41-22(11-57)81-48(84-40-20(9-55)77-14(2)25(61)31(40)67)36(72)43(41)86-45-33(69)30(66)27(63)18(7-53)78-45/h13-14,16-48,52-57,59-72H,5-12H2,1-4H3,(H,51,58)(H,73,74)/t13-,14+,16-,17?,18?,19?,20?,21?,22?,23?,24?,25?,26?,27-,28+,29-,30+,31-,32-,33?,34?,35?,36?,37?,38-,39-,40-,41+,42+,43-,44-,45+,46-,47+,48+,50+/m1/s1. The van der Waals surface area contributed by atoms with Crippen LogP contribution < -0.4 is 5.32 Å². The molecule has 15 unspecified atom stereocenters. The minimum atomic E-state index is -3.04. The monoisotopic (exact) mass is 1290 g/mol. The average Bonchev–Trinajstić information content (AvgIpc) is 0.945. The second-order valence-electron chi connectivity index (χ2n) is 22.7. The predicted octanol–water partition coefficient (Wildman–Crippen LogP) is -13.9. The highest BCUT2D eigenvalue weighted by Crippen LogP contribution is 2.41. The molecule has 36 atom stereocenters. The van der Waals surface area contributed by atoms with Crippen LogP contribution in [0, 0.1) is 5.92 Å². The van der Waals surface area contributed by atoms with Gasteiger partial charge in [-0.3, -0.25) is 4.79 Å². The highest BCUT2D eigenvalue weighted by Gasteiger charge is 2.61. The summed E-state index contributed by atoms with van der Waals surface area (Å²) in [4.78, 5) is 25.7. The molecule has 88 heavy (non-hydrogen) atoms. The number of aliphatic hydroxyl groups excluding tert-OH is 20. The molecule has 0 aliphatic carbocycles. The molecule has 0 aromatic carbocycles. The number of carboxylic acids is 1. The Morgan fingerprint density at radius 1 is 0.511 bits per heavy atom. The van der Waals surface area contributed by atoms with Crippen molar-refractivity contribution in [3.63, 3.8) is 0 Å². The topological polar surface area (TPSA) is 600 Å². The second-order valence-corrected chi connectivity index (χ2v) is 22.7. The Hall–Kier alpha value is -2.42. The first-order valence-corrected chi connectivity index (χ1v) is 28.3. The predicted molar refractivity (Wildman–Crippen MR) is 272 cm³/mol. The van der Waals surface area contributed by atoms with E-state index in [2.05, 4.69) is 5.32 Å². The van der Waals surface area contributed by atoms with Crippen LogP contribution in [-0.2, 0) is 75.9 Å². The highest BCUT2D eigenvalue weighted by atomic mass is 16.8. The number of carbonyl (C=O) groups excluding carboxylic acids is 1. The molecule has 38 heteroatoms. The zero-order valence-electron chi connectivity index (χ0n) is 47.8. The van der Waals surface area contributed by atoms with Gasteiger partial charge in [0.1, 0.15) is 159 Å². The molecule has 7 aliphatic rings. The summed E-state index contributed by atoms with van der Waals surface area (Å²) in [5.41, 5.74) is 0. The molecule has 0 radical (unpaired) electrons. The molecule has 7 heterocycles. The van der Waals surface area contributed by atoms with Crippen LogP contribution >= 0.6 is 0 Å². The van der Waals surface area contributed by atoms with E-state index < -0.39 is 285 Å². The lowest BCUT2D eigenvalue weighted by Gasteiger charge is -2.51. The first kappa shape index (κ1) is 73.0. The normalized spacial score (nSPS) is 49.4. The van der Waals surface area contributed by atoms with E-state index in [1.165, 1.54) is 13.8 Å². The highest BCUT2D eigenvalue weighted by molar-refractivity contribution is 5.76. The Balaban J connectivity index is 1.11. The zero-order valence-corrected chi connectivity index (χ0v) is 47.8. The van der Waals surface area contributed by atoms with Crippen molar-refractivity contribution < 1.29 is 183 Å². The molecule has 7 fully saturated rings. The Morgan fingerprint density at radius 2 is 0.966 bits per heavy atom. The van der Waals surface area contributed by atoms with E-state index in [0.717, 1.165) is 14.0 Å². The van der Waals surface area contributed by atoms with Crippen molar-refractivity contribution in [1.82, 2.24) is 5.32 Å². The van der Waals surface area contributed by atoms with Crippen molar-refractivity contribution in [2.24, 2.45) is 5.92 Å². The summed E-state index contributed by atoms with van der Waals surface area (Å²) < 4.78 is 81.4. The lowest BCUT2D eigenvalue weighted by molar-refractivity contribution is -0.398. The summed E-state index contributed by atoms with van der Waals surface area (Å²) in [7, 11) is 1.08. The fraction of sp³-hybridized carbons (Fsp3) is 0.960. The van der Waals surface area contributed by atoms with Gasteiger partial charge in [-0.05, 0) is 6.92 Å². The second kappa shape index (κ2) is 31.2. The van der Waals surface area contributed by atoms with Crippen LogP contribution in [0.3, 0.4) is 0 Å². The molecule has 0 bridgehead atoms. The third-order valence-corrected chi connectivity index (χ3v) is 16.8. The van der Waals surface area contributed by atoms with Crippen LogP contribution in [0.2, 0.25) is 0 Å². The summed E-state index contributed by atoms with van der Waals surface area (Å²) in [6.07, 6.45) is -63.2. The molecule has 7 rings (SSSR count). The van der Waals surface area contributed by atoms with Gasteiger partial charge in [0, 0.05) is 26.4 Å². The van der Waals surface area contributed by atoms with E-state index in [0.29, 0.717) is 0 Å². The van der Waals surface area contributed by atoms with Gasteiger partial charge in [0.05, 0.1) is 64.6 Å². The number of methoxy groups -OCH3 is 1. The molecule has 22 N–H and O–H groups in total. The Labute approximate surface area is 500 Å². The maximum atomic E-state index is 12.9. The summed E-state index contributed by atoms with van der Waals surface area (Å²) in [5.74, 6) is -6.98. The minimum absolute atomic E-state index is 0.801. The van der Waals surface area contributed by atoms with Crippen molar-refractivity contribution in [3.8, 4) is 0 Å². The summed E-state index contributed by atoms with van der Waals surface area (Å²) >= 11 is 0. The number of amides is 1. The fourth-order valence-corrected chi connectivity index (χ4v) is 11.7. The van der Waals surface area contributed by atoms with Crippen LogP contribution in [0.1, 0.15) is 27.2 Å². The largest absolute Gasteiger partial charge is 0.477 e. The molecule has 0 aromatic rings. The molecule has 1 amide bonds. The van der Waals surface area contributed by atoms with Crippen molar-refractivity contribution in [1.29, 1.82) is 0 Å². The Bertz CT molecular complexity index is 2180. The molecule has 512 valence electrons. The van der Waals surface area contributed by atoms with Gasteiger partial charge in [-0.2, -0.15) is 0 Å². The molecule has 0 aromatic heterocycles. The molecule has 38 nitrogen and oxygen atoms in total. The minimum Gasteiger partial charge on any atom is -0.477 e. The third kappa shape index (κ3) is 15.2. The van der Waals surface area contributed by atoms with Gasteiger partial charge < -0.3 is 179 Å². The van der Waals surface area contributed by atoms with Gasteiger partial charge in [0.25, 0.3) is 5.79 Å². The molecular weight excluding hydrogens is 1210 g/mol. The first-order valence-electron chi connectivity index (χ1n) is 28.3. The molecule has 0 saturated carbocycles. The number of ether oxygens (including phenoxy) is 14. The van der Waals surface area contributed by atoms with Crippen molar-refractivity contribution >= 4 is 11.9 Å². The molecular formula is C50H85NO37. The number of rotatable bonds is 24. The third-order valence-electron chi connectivity index (χ3n) is 16.8. The molecule has 0 spiro atoms. The number of hydrogen-bond acceptors (Lipinski definition) is 36. The van der Waals surface area contributed by atoms with Gasteiger partial charge in [0.15, 0.2) is 31.5 Å². The maximum Gasteiger partial charge on any atom is 0.364 e. The lowest BCUT2D eigenvalue weighted by atomic mass is 9.84. The van der Waals surface area contributed by atoms with Crippen molar-refractivity contribution in [2.45, 2.75) is 241 Å². The molecule has 7 saturated heterocycles. The van der Waals surface area contributed by atoms with Crippen LogP contribution in [0.4, 0.5) is 0 Å². The number of aliphatic hydroxyl groups is 20. The fourth-order valence-electron chi connectivity index (χ4n) is 11.7.